The van der Waals surface area contributed by atoms with Gasteiger partial charge in [0.25, 0.3) is 0 Å². The number of hydrogen-bond donors (Lipinski definition) is 3. The monoisotopic (exact) mass is 401 g/mol. The molecule has 0 saturated carbocycles. The van der Waals surface area contributed by atoms with Crippen molar-refractivity contribution in [1.82, 2.24) is 10.6 Å². The van der Waals surface area contributed by atoms with E-state index in [0.717, 1.165) is 12.5 Å². The Morgan fingerprint density at radius 2 is 2.14 bits per heavy atom. The summed E-state index contributed by atoms with van der Waals surface area (Å²) in [6.45, 7) is 4.58. The number of guanidine groups is 1. The summed E-state index contributed by atoms with van der Waals surface area (Å²) >= 11 is 0. The molecule has 2 rings (SSSR count). The highest BCUT2D eigenvalue weighted by atomic mass is 19.4. The third-order valence-electron chi connectivity index (χ3n) is 5.33. The van der Waals surface area contributed by atoms with E-state index in [-0.39, 0.29) is 17.9 Å². The number of alkyl halides is 3. The van der Waals surface area contributed by atoms with Gasteiger partial charge in [-0.15, -0.1) is 0 Å². The maximum absolute atomic E-state index is 12.9. The highest BCUT2D eigenvalue weighted by Crippen LogP contribution is 2.32. The normalized spacial score (nSPS) is 21.6. The molecule has 0 aromatic heterocycles. The molecule has 1 saturated heterocycles. The van der Waals surface area contributed by atoms with Gasteiger partial charge in [-0.2, -0.15) is 13.2 Å². The molecule has 0 bridgehead atoms. The lowest BCUT2D eigenvalue weighted by Gasteiger charge is -2.27. The van der Waals surface area contributed by atoms with Gasteiger partial charge in [0.2, 0.25) is 0 Å². The zero-order valence-electron chi connectivity index (χ0n) is 16.5. The molecule has 1 aromatic carbocycles. The van der Waals surface area contributed by atoms with Crippen LogP contribution < -0.4 is 10.6 Å². The molecule has 158 valence electrons. The van der Waals surface area contributed by atoms with Crippen LogP contribution in [0.25, 0.3) is 0 Å². The molecule has 2 atom stereocenters. The standard InChI is InChI=1S/C20H30F3N3O2/c1-15(16-4-3-5-17(12-16)20(21,22)23)6-9-25-18(24-2)26-13-19(7-10-27)8-11-28-14-19/h3-5,12,15,27H,6-11,13-14H2,1-2H3,(H2,24,25,26). The van der Waals surface area contributed by atoms with Crippen molar-refractivity contribution in [2.45, 2.75) is 38.3 Å². The Hall–Kier alpha value is -1.80. The first-order chi connectivity index (χ1) is 13.3. The largest absolute Gasteiger partial charge is 0.416 e. The number of hydrogen-bond acceptors (Lipinski definition) is 3. The third-order valence-corrected chi connectivity index (χ3v) is 5.33. The number of nitrogens with one attached hydrogen (secondary N) is 2. The first-order valence-electron chi connectivity index (χ1n) is 9.60. The molecule has 3 N–H and O–H groups in total. The van der Waals surface area contributed by atoms with Crippen LogP contribution in [0.3, 0.4) is 0 Å². The molecule has 1 aliphatic rings. The average molecular weight is 401 g/mol. The van der Waals surface area contributed by atoms with Gasteiger partial charge in [0.15, 0.2) is 5.96 Å². The molecule has 1 aromatic rings. The van der Waals surface area contributed by atoms with Crippen LogP contribution in [0.5, 0.6) is 0 Å². The van der Waals surface area contributed by atoms with Gasteiger partial charge < -0.3 is 20.5 Å². The second kappa shape index (κ2) is 10.1. The smallest absolute Gasteiger partial charge is 0.396 e. The van der Waals surface area contributed by atoms with E-state index in [1.165, 1.54) is 12.1 Å². The van der Waals surface area contributed by atoms with Gasteiger partial charge in [-0.3, -0.25) is 4.99 Å². The van der Waals surface area contributed by atoms with Crippen molar-refractivity contribution in [2.75, 3.05) is 40.0 Å². The summed E-state index contributed by atoms with van der Waals surface area (Å²) in [5.74, 6) is 0.623. The van der Waals surface area contributed by atoms with Gasteiger partial charge in [0.1, 0.15) is 0 Å². The molecule has 5 nitrogen and oxygen atoms in total. The molecule has 1 heterocycles. The van der Waals surface area contributed by atoms with Crippen molar-refractivity contribution >= 4 is 5.96 Å². The van der Waals surface area contributed by atoms with Crippen LogP contribution in [0.1, 0.15) is 43.2 Å². The van der Waals surface area contributed by atoms with Crippen molar-refractivity contribution in [3.8, 4) is 0 Å². The Morgan fingerprint density at radius 3 is 2.75 bits per heavy atom. The molecule has 0 spiro atoms. The lowest BCUT2D eigenvalue weighted by Crippen LogP contribution is -2.44. The molecule has 0 radical (unpaired) electrons. The highest BCUT2D eigenvalue weighted by Gasteiger charge is 2.34. The predicted octanol–water partition coefficient (Wildman–Crippen LogP) is 3.15. The van der Waals surface area contributed by atoms with Crippen LogP contribution >= 0.6 is 0 Å². The van der Waals surface area contributed by atoms with Gasteiger partial charge in [-0.25, -0.2) is 0 Å². The summed E-state index contributed by atoms with van der Waals surface area (Å²) in [5.41, 5.74) is -0.0302. The fraction of sp³-hybridized carbons (Fsp3) is 0.650. The summed E-state index contributed by atoms with van der Waals surface area (Å²) in [7, 11) is 1.68. The number of aliphatic imine (C=N–C) groups is 1. The van der Waals surface area contributed by atoms with E-state index in [1.54, 1.807) is 13.1 Å². The van der Waals surface area contributed by atoms with E-state index < -0.39 is 11.7 Å². The number of aliphatic hydroxyl groups is 1. The van der Waals surface area contributed by atoms with Gasteiger partial charge in [0.05, 0.1) is 12.2 Å². The summed E-state index contributed by atoms with van der Waals surface area (Å²) in [6.07, 6.45) is -2.09. The number of benzene rings is 1. The molecular formula is C20H30F3N3O2. The Balaban J connectivity index is 1.82. The number of nitrogens with zero attached hydrogens (tertiary/aromatic N) is 1. The SMILES string of the molecule is CN=C(NCCC(C)c1cccc(C(F)(F)F)c1)NCC1(CCO)CCOC1. The summed E-state index contributed by atoms with van der Waals surface area (Å²) in [4.78, 5) is 4.20. The van der Waals surface area contributed by atoms with E-state index in [9.17, 15) is 18.3 Å². The van der Waals surface area contributed by atoms with E-state index >= 15 is 0 Å². The van der Waals surface area contributed by atoms with Gasteiger partial charge in [-0.1, -0.05) is 25.1 Å². The second-order valence-corrected chi connectivity index (χ2v) is 7.44. The molecule has 0 amide bonds. The molecule has 1 aliphatic heterocycles. The molecule has 2 unspecified atom stereocenters. The zero-order chi connectivity index (χ0) is 20.6. The maximum atomic E-state index is 12.9. The second-order valence-electron chi connectivity index (χ2n) is 7.44. The van der Waals surface area contributed by atoms with E-state index in [2.05, 4.69) is 15.6 Å². The zero-order valence-corrected chi connectivity index (χ0v) is 16.5. The molecule has 8 heteroatoms. The summed E-state index contributed by atoms with van der Waals surface area (Å²) in [5, 5.41) is 15.8. The first-order valence-corrected chi connectivity index (χ1v) is 9.60. The maximum Gasteiger partial charge on any atom is 0.416 e. The fourth-order valence-electron chi connectivity index (χ4n) is 3.40. The van der Waals surface area contributed by atoms with E-state index in [1.807, 2.05) is 6.92 Å². The van der Waals surface area contributed by atoms with Gasteiger partial charge in [-0.05, 0) is 36.8 Å². The third kappa shape index (κ3) is 6.38. The Labute approximate surface area is 164 Å². The minimum Gasteiger partial charge on any atom is -0.396 e. The quantitative estimate of drug-likeness (QED) is 0.463. The Bertz CT molecular complexity index is 644. The van der Waals surface area contributed by atoms with Crippen LogP contribution in [0.2, 0.25) is 0 Å². The molecular weight excluding hydrogens is 371 g/mol. The number of aliphatic hydroxyl groups excluding tert-OH is 1. The topological polar surface area (TPSA) is 65.9 Å². The van der Waals surface area contributed by atoms with Crippen LogP contribution in [-0.2, 0) is 10.9 Å². The molecule has 1 fully saturated rings. The minimum atomic E-state index is -4.32. The van der Waals surface area contributed by atoms with Crippen molar-refractivity contribution in [3.05, 3.63) is 35.4 Å². The Kier molecular flexibility index (Phi) is 8.12. The van der Waals surface area contributed by atoms with Crippen LogP contribution in [0.15, 0.2) is 29.3 Å². The van der Waals surface area contributed by atoms with E-state index in [0.29, 0.717) is 50.7 Å². The van der Waals surface area contributed by atoms with Crippen molar-refractivity contribution in [1.29, 1.82) is 0 Å². The van der Waals surface area contributed by atoms with Gasteiger partial charge >= 0.3 is 6.18 Å². The average Bonchev–Trinajstić information content (AvgIpc) is 3.13. The number of rotatable bonds is 8. The highest BCUT2D eigenvalue weighted by molar-refractivity contribution is 5.79. The van der Waals surface area contributed by atoms with Crippen LogP contribution in [0.4, 0.5) is 13.2 Å². The fourth-order valence-corrected chi connectivity index (χ4v) is 3.40. The van der Waals surface area contributed by atoms with Crippen molar-refractivity contribution < 1.29 is 23.0 Å². The van der Waals surface area contributed by atoms with Crippen molar-refractivity contribution in [2.24, 2.45) is 10.4 Å². The lowest BCUT2D eigenvalue weighted by atomic mass is 9.84. The molecule has 0 aliphatic carbocycles. The number of halogens is 3. The minimum absolute atomic E-state index is 0.0168. The first kappa shape index (κ1) is 22.5. The van der Waals surface area contributed by atoms with Crippen molar-refractivity contribution in [3.63, 3.8) is 0 Å². The summed E-state index contributed by atoms with van der Waals surface area (Å²) in [6, 6.07) is 5.49. The van der Waals surface area contributed by atoms with E-state index in [4.69, 9.17) is 4.74 Å². The number of ether oxygens (including phenoxy) is 1. The molecule has 28 heavy (non-hydrogen) atoms. The summed E-state index contributed by atoms with van der Waals surface area (Å²) < 4.78 is 44.1. The van der Waals surface area contributed by atoms with Crippen LogP contribution in [-0.4, -0.2) is 51.0 Å². The van der Waals surface area contributed by atoms with Gasteiger partial charge in [0, 0.05) is 38.8 Å². The lowest BCUT2D eigenvalue weighted by molar-refractivity contribution is -0.137. The predicted molar refractivity (Wildman–Crippen MR) is 103 cm³/mol. The van der Waals surface area contributed by atoms with Crippen LogP contribution in [0, 0.1) is 5.41 Å². The Morgan fingerprint density at radius 1 is 1.36 bits per heavy atom.